The number of rotatable bonds is 0. The molecule has 2 aromatic rings. The number of fused-ring (bicyclic) bond motifs is 3. The van der Waals surface area contributed by atoms with Crippen molar-refractivity contribution in [1.29, 1.82) is 0 Å². The Hall–Kier alpha value is -1.83. The van der Waals surface area contributed by atoms with E-state index in [0.29, 0.717) is 0 Å². The normalized spacial score (nSPS) is 21.0. The molecule has 1 aliphatic carbocycles. The number of hydrogen-bond donors (Lipinski definition) is 0. The van der Waals surface area contributed by atoms with Gasteiger partial charge >= 0.3 is 11.7 Å². The summed E-state index contributed by atoms with van der Waals surface area (Å²) in [4.78, 5) is 2.69. The topological polar surface area (TPSA) is 6.02 Å². The van der Waals surface area contributed by atoms with Crippen LogP contribution >= 0.6 is 11.8 Å². The van der Waals surface area contributed by atoms with Crippen molar-refractivity contribution in [2.24, 2.45) is 0 Å². The fourth-order valence-electron chi connectivity index (χ4n) is 4.47. The Bertz CT molecular complexity index is 1020. The summed E-state index contributed by atoms with van der Waals surface area (Å²) in [5.74, 6) is 0. The van der Waals surface area contributed by atoms with Crippen LogP contribution in [0.2, 0.25) is 0 Å². The quantitative estimate of drug-likeness (QED) is 0.466. The molecule has 0 unspecified atom stereocenters. The van der Waals surface area contributed by atoms with Crippen molar-refractivity contribution in [2.75, 3.05) is 7.05 Å². The molecule has 0 saturated carbocycles. The van der Waals surface area contributed by atoms with E-state index in [2.05, 4.69) is 80.2 Å². The molecule has 3 aliphatic rings. The summed E-state index contributed by atoms with van der Waals surface area (Å²) >= 11 is 1.91. The largest absolute Gasteiger partial charge is 0.496 e. The third-order valence-corrected chi connectivity index (χ3v) is 7.30. The lowest BCUT2D eigenvalue weighted by atomic mass is 9.63. The van der Waals surface area contributed by atoms with Crippen LogP contribution in [0.5, 0.6) is 0 Å². The van der Waals surface area contributed by atoms with E-state index in [4.69, 9.17) is 0 Å². The van der Waals surface area contributed by atoms with Crippen LogP contribution in [0.1, 0.15) is 51.7 Å². The van der Waals surface area contributed by atoms with E-state index in [1.807, 2.05) is 11.8 Å². The van der Waals surface area contributed by atoms with Crippen molar-refractivity contribution in [2.45, 2.75) is 61.2 Å². The van der Waals surface area contributed by atoms with Crippen LogP contribution in [-0.4, -0.2) is 17.6 Å². The highest BCUT2D eigenvalue weighted by Crippen LogP contribution is 2.54. The van der Waals surface area contributed by atoms with Gasteiger partial charge in [0.1, 0.15) is 0 Å². The maximum atomic E-state index is 3.53. The molecule has 2 nitrogen and oxygen atoms in total. The van der Waals surface area contributed by atoms with Crippen molar-refractivity contribution in [3.05, 3.63) is 41.5 Å². The maximum absolute atomic E-state index is 3.53. The molecule has 2 aliphatic heterocycles. The van der Waals surface area contributed by atoms with Crippen LogP contribution in [-0.2, 0) is 10.8 Å². The van der Waals surface area contributed by atoms with Gasteiger partial charge in [0.05, 0.1) is 9.79 Å². The lowest BCUT2D eigenvalue weighted by Gasteiger charge is -2.42. The first-order chi connectivity index (χ1) is 11.8. The number of benzene rings is 2. The van der Waals surface area contributed by atoms with Crippen LogP contribution in [0.25, 0.3) is 0 Å². The minimum absolute atomic E-state index is 0.232. The molecular weight excluding hydrogens is 324 g/mol. The third-order valence-electron chi connectivity index (χ3n) is 6.21. The molecule has 0 fully saturated rings. The van der Waals surface area contributed by atoms with Crippen molar-refractivity contribution in [3.8, 4) is 0 Å². The van der Waals surface area contributed by atoms with Gasteiger partial charge in [-0.2, -0.15) is 0 Å². The summed E-state index contributed by atoms with van der Waals surface area (Å²) in [6, 6.07) is 15.0. The molecule has 2 aromatic carbocycles. The van der Waals surface area contributed by atoms with Gasteiger partial charge < -0.3 is 0 Å². The first-order valence-corrected chi connectivity index (χ1v) is 9.90. The molecule has 0 saturated heterocycles. The van der Waals surface area contributed by atoms with Crippen LogP contribution in [0.4, 0.5) is 17.1 Å². The van der Waals surface area contributed by atoms with Gasteiger partial charge in [-0.05, 0) is 51.5 Å². The molecule has 0 spiro atoms. The van der Waals surface area contributed by atoms with E-state index in [1.54, 1.807) is 0 Å². The highest BCUT2D eigenvalue weighted by atomic mass is 32.2. The molecule has 0 amide bonds. The van der Waals surface area contributed by atoms with Gasteiger partial charge in [-0.15, -0.1) is 0 Å². The molecule has 0 atom stereocenters. The number of para-hydroxylation sites is 1. The molecule has 25 heavy (non-hydrogen) atoms. The Morgan fingerprint density at radius 2 is 1.60 bits per heavy atom. The minimum atomic E-state index is 0.232. The number of hydrogen-bond acceptors (Lipinski definition) is 1. The highest BCUT2D eigenvalue weighted by molar-refractivity contribution is 7.99. The lowest BCUT2D eigenvalue weighted by Crippen LogP contribution is -2.34. The van der Waals surface area contributed by atoms with Crippen molar-refractivity contribution < 1.29 is 4.58 Å². The Kier molecular flexibility index (Phi) is 2.88. The van der Waals surface area contributed by atoms with Crippen LogP contribution in [0.3, 0.4) is 0 Å². The Morgan fingerprint density at radius 1 is 0.920 bits per heavy atom. The SMILES string of the molecule is C[N+]1=C=[N+]2c3cc4c(cc3Sc3cccc1c32)C(C)(C)CCC4(C)C. The standard InChI is InChI=1S/C22H24N2S/c1-21(2)9-10-22(3,4)15-12-19-17(11-14(15)21)24-13-23(5)16-7-6-8-18(25-19)20(16)24/h6-8,11-12H,9-10H2,1-5H3/q+2. The molecular formula is C22H24N2S+2. The summed E-state index contributed by atoms with van der Waals surface area (Å²) in [6.07, 6.45) is 2.50. The molecule has 126 valence electrons. The number of nitrogens with zero attached hydrogens (tertiary/aromatic N) is 2. The smallest absolute Gasteiger partial charge is 0.0893 e. The first kappa shape index (κ1) is 15.4. The fraction of sp³-hybridized carbons (Fsp3) is 0.409. The average Bonchev–Trinajstić information content (AvgIpc) is 2.90. The molecule has 3 heteroatoms. The van der Waals surface area contributed by atoms with Crippen LogP contribution in [0.15, 0.2) is 40.1 Å². The maximum Gasteiger partial charge on any atom is 0.496 e. The third kappa shape index (κ3) is 2.00. The van der Waals surface area contributed by atoms with Gasteiger partial charge in [-0.3, -0.25) is 0 Å². The summed E-state index contributed by atoms with van der Waals surface area (Å²) in [7, 11) is 2.09. The Balaban J connectivity index is 1.82. The molecule has 2 heterocycles. The highest BCUT2D eigenvalue weighted by Gasteiger charge is 2.44. The summed E-state index contributed by atoms with van der Waals surface area (Å²) < 4.78 is 4.39. The van der Waals surface area contributed by atoms with Gasteiger partial charge in [-0.1, -0.05) is 50.1 Å². The van der Waals surface area contributed by atoms with Crippen LogP contribution in [0, 0.1) is 0 Å². The zero-order chi connectivity index (χ0) is 17.6. The van der Waals surface area contributed by atoms with Gasteiger partial charge in [-0.25, -0.2) is 0 Å². The predicted molar refractivity (Wildman–Crippen MR) is 105 cm³/mol. The minimum Gasteiger partial charge on any atom is -0.0893 e. The second-order valence-corrected chi connectivity index (χ2v) is 9.94. The van der Waals surface area contributed by atoms with Crippen molar-refractivity contribution in [1.82, 2.24) is 4.58 Å². The van der Waals surface area contributed by atoms with Gasteiger partial charge in [0.15, 0.2) is 7.05 Å². The molecule has 5 rings (SSSR count). The second kappa shape index (κ2) is 4.66. The molecule has 0 radical (unpaired) electrons. The van der Waals surface area contributed by atoms with Crippen molar-refractivity contribution in [3.63, 3.8) is 0 Å². The summed E-state index contributed by atoms with van der Waals surface area (Å²) in [5, 5.41) is 0. The average molecular weight is 349 g/mol. The first-order valence-electron chi connectivity index (χ1n) is 9.08. The Morgan fingerprint density at radius 3 is 2.32 bits per heavy atom. The van der Waals surface area contributed by atoms with Crippen LogP contribution < -0.4 is 4.58 Å². The van der Waals surface area contributed by atoms with Gasteiger partial charge in [0.2, 0.25) is 5.69 Å². The van der Waals surface area contributed by atoms with E-state index < -0.39 is 0 Å². The van der Waals surface area contributed by atoms with E-state index >= 15 is 0 Å². The molecule has 0 aromatic heterocycles. The predicted octanol–water partition coefficient (Wildman–Crippen LogP) is 5.80. The Labute approximate surface area is 153 Å². The molecule has 0 bridgehead atoms. The van der Waals surface area contributed by atoms with Gasteiger partial charge in [0, 0.05) is 12.1 Å². The fourth-order valence-corrected chi connectivity index (χ4v) is 5.58. The monoisotopic (exact) mass is 348 g/mol. The summed E-state index contributed by atoms with van der Waals surface area (Å²) in [6.45, 7) is 9.59. The molecule has 0 N–H and O–H groups in total. The lowest BCUT2D eigenvalue weighted by molar-refractivity contribution is -0.394. The van der Waals surface area contributed by atoms with Crippen molar-refractivity contribution >= 4 is 34.8 Å². The zero-order valence-electron chi connectivity index (χ0n) is 15.6. The zero-order valence-corrected chi connectivity index (χ0v) is 16.4. The van der Waals surface area contributed by atoms with E-state index in [9.17, 15) is 0 Å². The van der Waals surface area contributed by atoms with E-state index in [-0.39, 0.29) is 10.8 Å². The second-order valence-electron chi connectivity index (χ2n) is 8.85. The van der Waals surface area contributed by atoms with E-state index in [1.165, 1.54) is 50.8 Å². The summed E-state index contributed by atoms with van der Waals surface area (Å²) in [5.41, 5.74) is 7.35. The van der Waals surface area contributed by atoms with E-state index in [0.717, 1.165) is 0 Å². The van der Waals surface area contributed by atoms with Gasteiger partial charge in [0.25, 0.3) is 5.69 Å².